The fourth-order valence-corrected chi connectivity index (χ4v) is 4.53. The fraction of sp³-hybridized carbons (Fsp3) is 0.0952. The number of aromatic nitrogens is 1. The lowest BCUT2D eigenvalue weighted by molar-refractivity contribution is -0.136. The number of carbonyl (C=O) groups is 2. The summed E-state index contributed by atoms with van der Waals surface area (Å²) < 4.78 is 28.0. The van der Waals surface area contributed by atoms with Gasteiger partial charge in [0.25, 0.3) is 10.0 Å². The monoisotopic (exact) mass is 490 g/mol. The van der Waals surface area contributed by atoms with Crippen LogP contribution in [0.15, 0.2) is 71.8 Å². The first-order valence-electron chi connectivity index (χ1n) is 9.38. The maximum Gasteiger partial charge on any atom is 0.318 e. The summed E-state index contributed by atoms with van der Waals surface area (Å²) >= 11 is 11.7. The predicted molar refractivity (Wildman–Crippen MR) is 123 cm³/mol. The van der Waals surface area contributed by atoms with E-state index in [0.717, 1.165) is 4.90 Å². The van der Waals surface area contributed by atoms with Crippen molar-refractivity contribution in [3.05, 3.63) is 76.9 Å². The Hall–Kier alpha value is -3.14. The number of hydrogen-bond donors (Lipinski definition) is 1. The molecule has 0 radical (unpaired) electrons. The Labute approximate surface area is 194 Å². The van der Waals surface area contributed by atoms with E-state index in [4.69, 9.17) is 23.2 Å². The van der Waals surface area contributed by atoms with Crippen LogP contribution in [0.3, 0.4) is 0 Å². The molecule has 1 aliphatic heterocycles. The molecule has 1 aliphatic rings. The van der Waals surface area contributed by atoms with Gasteiger partial charge in [-0.1, -0.05) is 23.2 Å². The SMILES string of the molecule is O=C1C(=O)N(c2ncccc2NS(=O)(=O)c2ccc(Cl)cc2)CCN1c1ccc(Cl)cc1. The van der Waals surface area contributed by atoms with Gasteiger partial charge in [-0.05, 0) is 60.7 Å². The van der Waals surface area contributed by atoms with Crippen molar-refractivity contribution in [1.82, 2.24) is 4.98 Å². The van der Waals surface area contributed by atoms with E-state index in [1.54, 1.807) is 24.3 Å². The van der Waals surface area contributed by atoms with Gasteiger partial charge in [0.2, 0.25) is 0 Å². The topological polar surface area (TPSA) is 99.7 Å². The molecule has 0 aliphatic carbocycles. The minimum Gasteiger partial charge on any atom is -0.302 e. The van der Waals surface area contributed by atoms with Crippen molar-refractivity contribution >= 4 is 62.2 Å². The fourth-order valence-electron chi connectivity index (χ4n) is 3.21. The first-order valence-corrected chi connectivity index (χ1v) is 11.6. The Kier molecular flexibility index (Phi) is 6.05. The van der Waals surface area contributed by atoms with Crippen LogP contribution in [0.2, 0.25) is 10.0 Å². The number of piperazine rings is 1. The number of rotatable bonds is 5. The molecule has 0 unspecified atom stereocenters. The van der Waals surface area contributed by atoms with Gasteiger partial charge in [0.1, 0.15) is 0 Å². The van der Waals surface area contributed by atoms with Crippen molar-refractivity contribution in [2.45, 2.75) is 4.90 Å². The molecule has 4 rings (SSSR count). The molecule has 0 bridgehead atoms. The summed E-state index contributed by atoms with van der Waals surface area (Å²) in [5.41, 5.74) is 0.612. The summed E-state index contributed by atoms with van der Waals surface area (Å²) in [5, 5.41) is 0.908. The van der Waals surface area contributed by atoms with Crippen molar-refractivity contribution in [3.8, 4) is 0 Å². The van der Waals surface area contributed by atoms with Gasteiger partial charge in [0.15, 0.2) is 5.82 Å². The zero-order valence-electron chi connectivity index (χ0n) is 16.4. The molecule has 32 heavy (non-hydrogen) atoms. The maximum absolute atomic E-state index is 12.9. The number of benzene rings is 2. The molecule has 8 nitrogen and oxygen atoms in total. The smallest absolute Gasteiger partial charge is 0.302 e. The average Bonchev–Trinajstić information content (AvgIpc) is 2.77. The molecule has 0 atom stereocenters. The summed E-state index contributed by atoms with van der Waals surface area (Å²) in [5.74, 6) is -1.54. The van der Waals surface area contributed by atoms with Crippen LogP contribution in [0.25, 0.3) is 0 Å². The Morgan fingerprint density at radius 1 is 0.812 bits per heavy atom. The Morgan fingerprint density at radius 3 is 2.03 bits per heavy atom. The summed E-state index contributed by atoms with van der Waals surface area (Å²) in [6, 6.07) is 15.2. The second-order valence-corrected chi connectivity index (χ2v) is 9.38. The van der Waals surface area contributed by atoms with E-state index in [1.165, 1.54) is 47.5 Å². The van der Waals surface area contributed by atoms with Gasteiger partial charge in [-0.25, -0.2) is 13.4 Å². The standard InChI is InChI=1S/C21H16Cl2N4O4S/c22-14-3-7-16(8-4-14)26-12-13-27(21(29)20(26)28)19-18(2-1-11-24-19)25-32(30,31)17-9-5-15(23)6-10-17/h1-11,25H,12-13H2. The third kappa shape index (κ3) is 4.40. The molecule has 1 aromatic heterocycles. The second-order valence-electron chi connectivity index (χ2n) is 6.82. The summed E-state index contributed by atoms with van der Waals surface area (Å²) in [7, 11) is -3.97. The van der Waals surface area contributed by atoms with Crippen LogP contribution in [-0.4, -0.2) is 38.3 Å². The lowest BCUT2D eigenvalue weighted by atomic mass is 10.2. The van der Waals surface area contributed by atoms with E-state index in [9.17, 15) is 18.0 Å². The lowest BCUT2D eigenvalue weighted by Gasteiger charge is -2.33. The molecule has 164 valence electrons. The highest BCUT2D eigenvalue weighted by Crippen LogP contribution is 2.29. The molecule has 3 aromatic rings. The van der Waals surface area contributed by atoms with Gasteiger partial charge in [-0.2, -0.15) is 0 Å². The van der Waals surface area contributed by atoms with E-state index in [-0.39, 0.29) is 29.5 Å². The highest BCUT2D eigenvalue weighted by atomic mass is 35.5. The molecule has 0 spiro atoms. The summed E-state index contributed by atoms with van der Waals surface area (Å²) in [4.78, 5) is 32.3. The van der Waals surface area contributed by atoms with Gasteiger partial charge >= 0.3 is 11.8 Å². The molecule has 2 aromatic carbocycles. The van der Waals surface area contributed by atoms with Crippen molar-refractivity contribution < 1.29 is 18.0 Å². The van der Waals surface area contributed by atoms with E-state index in [2.05, 4.69) is 9.71 Å². The largest absolute Gasteiger partial charge is 0.318 e. The van der Waals surface area contributed by atoms with Gasteiger partial charge in [-0.15, -0.1) is 0 Å². The molecule has 2 heterocycles. The number of nitrogens with one attached hydrogen (secondary N) is 1. The third-order valence-electron chi connectivity index (χ3n) is 4.77. The van der Waals surface area contributed by atoms with E-state index in [0.29, 0.717) is 15.7 Å². The van der Waals surface area contributed by atoms with Crippen molar-refractivity contribution in [1.29, 1.82) is 0 Å². The van der Waals surface area contributed by atoms with Gasteiger partial charge < -0.3 is 4.90 Å². The van der Waals surface area contributed by atoms with Crippen LogP contribution in [0, 0.1) is 0 Å². The Bertz CT molecular complexity index is 1280. The van der Waals surface area contributed by atoms with E-state index < -0.39 is 21.8 Å². The summed E-state index contributed by atoms with van der Waals surface area (Å²) in [6.07, 6.45) is 1.42. The average molecular weight is 491 g/mol. The van der Waals surface area contributed by atoms with Crippen molar-refractivity contribution in [2.24, 2.45) is 0 Å². The van der Waals surface area contributed by atoms with Gasteiger partial charge in [-0.3, -0.25) is 19.2 Å². The zero-order valence-corrected chi connectivity index (χ0v) is 18.7. The predicted octanol–water partition coefficient (Wildman–Crippen LogP) is 3.57. The molecule has 2 amide bonds. The number of amides is 2. The Balaban J connectivity index is 1.60. The zero-order chi connectivity index (χ0) is 22.9. The van der Waals surface area contributed by atoms with Crippen LogP contribution in [0.4, 0.5) is 17.2 Å². The minimum absolute atomic E-state index is 0.00772. The number of anilines is 3. The lowest BCUT2D eigenvalue weighted by Crippen LogP contribution is -2.55. The normalized spacial score (nSPS) is 14.6. The van der Waals surface area contributed by atoms with Crippen molar-refractivity contribution in [2.75, 3.05) is 27.6 Å². The molecule has 1 N–H and O–H groups in total. The van der Waals surface area contributed by atoms with E-state index in [1.807, 2.05) is 0 Å². The second kappa shape index (κ2) is 8.78. The number of halogens is 2. The summed E-state index contributed by atoms with van der Waals surface area (Å²) in [6.45, 7) is 0.325. The minimum atomic E-state index is -3.97. The van der Waals surface area contributed by atoms with Crippen molar-refractivity contribution in [3.63, 3.8) is 0 Å². The Morgan fingerprint density at radius 2 is 1.38 bits per heavy atom. The van der Waals surface area contributed by atoms with E-state index >= 15 is 0 Å². The van der Waals surface area contributed by atoms with Crippen LogP contribution < -0.4 is 14.5 Å². The van der Waals surface area contributed by atoms with Crippen LogP contribution >= 0.6 is 23.2 Å². The number of carbonyl (C=O) groups excluding carboxylic acids is 2. The quantitative estimate of drug-likeness (QED) is 0.551. The number of pyridine rings is 1. The molecule has 1 saturated heterocycles. The first-order chi connectivity index (χ1) is 15.3. The van der Waals surface area contributed by atoms with Crippen LogP contribution in [-0.2, 0) is 19.6 Å². The third-order valence-corrected chi connectivity index (χ3v) is 6.65. The molecular formula is C21H16Cl2N4O4S. The highest BCUT2D eigenvalue weighted by molar-refractivity contribution is 7.92. The first kappa shape index (κ1) is 22.1. The molecule has 1 fully saturated rings. The number of sulfonamides is 1. The molecular weight excluding hydrogens is 475 g/mol. The van der Waals surface area contributed by atoms with Crippen LogP contribution in [0.1, 0.15) is 0 Å². The van der Waals surface area contributed by atoms with Gasteiger partial charge in [0, 0.05) is 35.0 Å². The molecule has 11 heteroatoms. The number of hydrogen-bond acceptors (Lipinski definition) is 5. The van der Waals surface area contributed by atoms with Crippen LogP contribution in [0.5, 0.6) is 0 Å². The maximum atomic E-state index is 12.9. The van der Waals surface area contributed by atoms with Gasteiger partial charge in [0.05, 0.1) is 10.6 Å². The highest BCUT2D eigenvalue weighted by Gasteiger charge is 2.36. The number of nitrogens with zero attached hydrogens (tertiary/aromatic N) is 3. The molecule has 0 saturated carbocycles.